The first-order valence-electron chi connectivity index (χ1n) is 6.79. The quantitative estimate of drug-likeness (QED) is 0.885. The summed E-state index contributed by atoms with van der Waals surface area (Å²) in [5.74, 6) is -0.467. The number of benzene rings is 2. The number of nitrogens with one attached hydrogen (secondary N) is 2. The number of para-hydroxylation sites is 2. The second-order valence-electron chi connectivity index (χ2n) is 4.84. The van der Waals surface area contributed by atoms with Crippen molar-refractivity contribution in [1.82, 2.24) is 5.32 Å². The Morgan fingerprint density at radius 1 is 1.13 bits per heavy atom. The van der Waals surface area contributed by atoms with Gasteiger partial charge in [-0.05, 0) is 24.6 Å². The number of rotatable bonds is 4. The summed E-state index contributed by atoms with van der Waals surface area (Å²) >= 11 is 0. The lowest BCUT2D eigenvalue weighted by molar-refractivity contribution is -0.274. The van der Waals surface area contributed by atoms with E-state index < -0.39 is 18.1 Å². The highest BCUT2D eigenvalue weighted by Gasteiger charge is 2.32. The SMILES string of the molecule is Cc1cccc(CNC(=O)Nc2ccccc2OC(F)(F)F)c1. The second-order valence-corrected chi connectivity index (χ2v) is 4.84. The van der Waals surface area contributed by atoms with E-state index in [-0.39, 0.29) is 12.2 Å². The number of aryl methyl sites for hydroxylation is 1. The molecule has 122 valence electrons. The number of halogens is 3. The molecule has 0 unspecified atom stereocenters. The molecule has 2 aromatic rings. The van der Waals surface area contributed by atoms with Crippen molar-refractivity contribution in [3.8, 4) is 5.75 Å². The van der Waals surface area contributed by atoms with Gasteiger partial charge in [-0.3, -0.25) is 0 Å². The maximum Gasteiger partial charge on any atom is 0.573 e. The summed E-state index contributed by atoms with van der Waals surface area (Å²) in [6.07, 6.45) is -4.82. The number of amides is 2. The molecule has 0 atom stereocenters. The molecule has 0 aliphatic heterocycles. The van der Waals surface area contributed by atoms with Crippen molar-refractivity contribution >= 4 is 11.7 Å². The Morgan fingerprint density at radius 2 is 1.87 bits per heavy atom. The third-order valence-electron chi connectivity index (χ3n) is 2.90. The summed E-state index contributed by atoms with van der Waals surface area (Å²) in [7, 11) is 0. The average Bonchev–Trinajstić information content (AvgIpc) is 2.46. The first-order chi connectivity index (χ1) is 10.8. The van der Waals surface area contributed by atoms with E-state index >= 15 is 0 Å². The monoisotopic (exact) mass is 324 g/mol. The molecule has 23 heavy (non-hydrogen) atoms. The van der Waals surface area contributed by atoms with Gasteiger partial charge in [0.25, 0.3) is 0 Å². The number of anilines is 1. The molecule has 7 heteroatoms. The number of urea groups is 1. The largest absolute Gasteiger partial charge is 0.573 e. The molecule has 2 aromatic carbocycles. The van der Waals surface area contributed by atoms with Gasteiger partial charge in [0.05, 0.1) is 5.69 Å². The summed E-state index contributed by atoms with van der Waals surface area (Å²) in [5.41, 5.74) is 1.88. The maximum absolute atomic E-state index is 12.3. The zero-order chi connectivity index (χ0) is 16.9. The third kappa shape index (κ3) is 5.54. The van der Waals surface area contributed by atoms with Crippen LogP contribution in [0.15, 0.2) is 48.5 Å². The van der Waals surface area contributed by atoms with Gasteiger partial charge in [0, 0.05) is 6.54 Å². The van der Waals surface area contributed by atoms with Crippen LogP contribution < -0.4 is 15.4 Å². The van der Waals surface area contributed by atoms with Crippen LogP contribution in [0.1, 0.15) is 11.1 Å². The minimum absolute atomic E-state index is 0.0634. The van der Waals surface area contributed by atoms with E-state index in [1.807, 2.05) is 31.2 Å². The first-order valence-corrected chi connectivity index (χ1v) is 6.79. The summed E-state index contributed by atoms with van der Waals surface area (Å²) in [6.45, 7) is 2.18. The summed E-state index contributed by atoms with van der Waals surface area (Å²) in [4.78, 5) is 11.8. The van der Waals surface area contributed by atoms with E-state index in [0.29, 0.717) is 0 Å². The highest BCUT2D eigenvalue weighted by Crippen LogP contribution is 2.29. The Hall–Kier alpha value is -2.70. The van der Waals surface area contributed by atoms with Crippen LogP contribution in [-0.4, -0.2) is 12.4 Å². The smallest absolute Gasteiger partial charge is 0.404 e. The molecule has 0 radical (unpaired) electrons. The van der Waals surface area contributed by atoms with Crippen molar-refractivity contribution in [1.29, 1.82) is 0 Å². The average molecular weight is 324 g/mol. The van der Waals surface area contributed by atoms with Gasteiger partial charge in [-0.25, -0.2) is 4.79 Å². The maximum atomic E-state index is 12.3. The van der Waals surface area contributed by atoms with Crippen molar-refractivity contribution in [3.63, 3.8) is 0 Å². The van der Waals surface area contributed by atoms with Crippen LogP contribution in [0.25, 0.3) is 0 Å². The number of ether oxygens (including phenoxy) is 1. The molecular formula is C16H15F3N2O2. The van der Waals surface area contributed by atoms with Crippen molar-refractivity contribution in [2.45, 2.75) is 19.8 Å². The Kier molecular flexibility index (Phi) is 5.10. The van der Waals surface area contributed by atoms with Crippen molar-refractivity contribution in [2.75, 3.05) is 5.32 Å². The van der Waals surface area contributed by atoms with Crippen LogP contribution in [0.5, 0.6) is 5.75 Å². The fourth-order valence-electron chi connectivity index (χ4n) is 1.95. The van der Waals surface area contributed by atoms with Crippen LogP contribution in [-0.2, 0) is 6.54 Å². The lowest BCUT2D eigenvalue weighted by atomic mass is 10.1. The fourth-order valence-corrected chi connectivity index (χ4v) is 1.95. The van der Waals surface area contributed by atoms with Crippen LogP contribution in [0.2, 0.25) is 0 Å². The zero-order valence-corrected chi connectivity index (χ0v) is 12.3. The predicted molar refractivity (Wildman–Crippen MR) is 80.2 cm³/mol. The van der Waals surface area contributed by atoms with E-state index in [1.54, 1.807) is 0 Å². The standard InChI is InChI=1S/C16H15F3N2O2/c1-11-5-4-6-12(9-11)10-20-15(22)21-13-7-2-3-8-14(13)23-16(17,18)19/h2-9H,10H2,1H3,(H2,20,21,22). The van der Waals surface area contributed by atoms with Gasteiger partial charge in [-0.1, -0.05) is 42.0 Å². The molecule has 0 bridgehead atoms. The Bertz CT molecular complexity index is 687. The van der Waals surface area contributed by atoms with Crippen molar-refractivity contribution < 1.29 is 22.7 Å². The Balaban J connectivity index is 1.98. The molecule has 2 rings (SSSR count). The van der Waals surface area contributed by atoms with E-state index in [1.165, 1.54) is 18.2 Å². The summed E-state index contributed by atoms with van der Waals surface area (Å²) < 4.78 is 40.8. The lowest BCUT2D eigenvalue weighted by Gasteiger charge is -2.14. The molecule has 4 nitrogen and oxygen atoms in total. The minimum atomic E-state index is -4.82. The van der Waals surface area contributed by atoms with E-state index in [2.05, 4.69) is 15.4 Å². The molecule has 0 aliphatic carbocycles. The number of hydrogen-bond donors (Lipinski definition) is 2. The van der Waals surface area contributed by atoms with Crippen molar-refractivity contribution in [2.24, 2.45) is 0 Å². The predicted octanol–water partition coefficient (Wildman–Crippen LogP) is 4.22. The van der Waals surface area contributed by atoms with E-state index in [9.17, 15) is 18.0 Å². The molecule has 0 heterocycles. The van der Waals surface area contributed by atoms with Gasteiger partial charge in [-0.2, -0.15) is 0 Å². The normalized spacial score (nSPS) is 11.0. The molecule has 0 aliphatic rings. The van der Waals surface area contributed by atoms with Gasteiger partial charge < -0.3 is 15.4 Å². The topological polar surface area (TPSA) is 50.4 Å². The Labute approximate surface area is 131 Å². The molecular weight excluding hydrogens is 309 g/mol. The van der Waals surface area contributed by atoms with Crippen LogP contribution in [0, 0.1) is 6.92 Å². The van der Waals surface area contributed by atoms with Crippen LogP contribution in [0.4, 0.5) is 23.7 Å². The highest BCUT2D eigenvalue weighted by atomic mass is 19.4. The number of carbonyl (C=O) groups excluding carboxylic acids is 1. The molecule has 0 aromatic heterocycles. The summed E-state index contributed by atoms with van der Waals surface area (Å²) in [6, 6.07) is 12.2. The lowest BCUT2D eigenvalue weighted by Crippen LogP contribution is -2.28. The first kappa shape index (κ1) is 16.7. The third-order valence-corrected chi connectivity index (χ3v) is 2.90. The number of carbonyl (C=O) groups is 1. The van der Waals surface area contributed by atoms with Gasteiger partial charge in [0.1, 0.15) is 0 Å². The molecule has 0 saturated heterocycles. The van der Waals surface area contributed by atoms with Crippen LogP contribution >= 0.6 is 0 Å². The van der Waals surface area contributed by atoms with Crippen LogP contribution in [0.3, 0.4) is 0 Å². The molecule has 0 spiro atoms. The minimum Gasteiger partial charge on any atom is -0.404 e. The summed E-state index contributed by atoms with van der Waals surface area (Å²) in [5, 5.41) is 4.92. The van der Waals surface area contributed by atoms with Gasteiger partial charge in [0.15, 0.2) is 5.75 Å². The van der Waals surface area contributed by atoms with Gasteiger partial charge in [0.2, 0.25) is 0 Å². The number of hydrogen-bond acceptors (Lipinski definition) is 2. The molecule has 2 N–H and O–H groups in total. The van der Waals surface area contributed by atoms with E-state index in [0.717, 1.165) is 17.2 Å². The second kappa shape index (κ2) is 7.04. The zero-order valence-electron chi connectivity index (χ0n) is 12.3. The van der Waals surface area contributed by atoms with Crippen molar-refractivity contribution in [3.05, 3.63) is 59.7 Å². The highest BCUT2D eigenvalue weighted by molar-refractivity contribution is 5.90. The molecule has 2 amide bonds. The number of alkyl halides is 3. The van der Waals surface area contributed by atoms with E-state index in [4.69, 9.17) is 0 Å². The van der Waals surface area contributed by atoms with Gasteiger partial charge >= 0.3 is 12.4 Å². The fraction of sp³-hybridized carbons (Fsp3) is 0.188. The molecule has 0 fully saturated rings. The van der Waals surface area contributed by atoms with Gasteiger partial charge in [-0.15, -0.1) is 13.2 Å². The Morgan fingerprint density at radius 3 is 2.57 bits per heavy atom. The molecule has 0 saturated carbocycles.